The summed E-state index contributed by atoms with van der Waals surface area (Å²) in [5, 5.41) is 21.9. The maximum Gasteiger partial charge on any atom is 0.339 e. The highest BCUT2D eigenvalue weighted by Crippen LogP contribution is 2.57. The number of carbonyl (C=O) groups is 5. The SMILES string of the molecule is COC(=O)C[C@](C)(CC[C@@]1(O)C[C@]23OC(=O)C[C@H]2O[C@@](C)(CO)[C@@H]3CCC1=O)C(=O)[C@H](C)C=C1C=C(C)C(=O)O1. The van der Waals surface area contributed by atoms with Gasteiger partial charge in [-0.05, 0) is 45.3 Å². The normalized spacial score (nSPS) is 36.6. The number of ether oxygens (including phenoxy) is 4. The molecule has 0 radical (unpaired) electrons. The number of ketones is 2. The molecular formula is C29H38O11. The van der Waals surface area contributed by atoms with E-state index in [1.165, 1.54) is 19.3 Å². The Morgan fingerprint density at radius 3 is 2.60 bits per heavy atom. The van der Waals surface area contributed by atoms with Crippen LogP contribution in [0.1, 0.15) is 72.6 Å². The van der Waals surface area contributed by atoms with Crippen molar-refractivity contribution < 1.29 is 53.1 Å². The molecule has 7 atom stereocenters. The van der Waals surface area contributed by atoms with Crippen molar-refractivity contribution in [1.29, 1.82) is 0 Å². The van der Waals surface area contributed by atoms with Gasteiger partial charge in [-0.2, -0.15) is 0 Å². The molecule has 3 aliphatic heterocycles. The summed E-state index contributed by atoms with van der Waals surface area (Å²) in [5.41, 5.74) is -5.27. The smallest absolute Gasteiger partial charge is 0.339 e. The van der Waals surface area contributed by atoms with E-state index in [1.807, 2.05) is 0 Å². The van der Waals surface area contributed by atoms with Gasteiger partial charge in [-0.1, -0.05) is 13.8 Å². The Balaban J connectivity index is 1.61. The van der Waals surface area contributed by atoms with Gasteiger partial charge in [0.1, 0.15) is 28.8 Å². The molecule has 3 fully saturated rings. The van der Waals surface area contributed by atoms with Gasteiger partial charge in [-0.15, -0.1) is 0 Å². The maximum atomic E-state index is 13.7. The molecule has 0 bridgehead atoms. The third kappa shape index (κ3) is 5.14. The highest BCUT2D eigenvalue weighted by atomic mass is 16.6. The Hall–Kier alpha value is -2.89. The first-order valence-electron chi connectivity index (χ1n) is 13.6. The minimum Gasteiger partial charge on any atom is -0.469 e. The zero-order valence-corrected chi connectivity index (χ0v) is 23.6. The number of hydrogen-bond acceptors (Lipinski definition) is 11. The van der Waals surface area contributed by atoms with Gasteiger partial charge in [0.15, 0.2) is 5.78 Å². The van der Waals surface area contributed by atoms with E-state index < -0.39 is 63.8 Å². The summed E-state index contributed by atoms with van der Waals surface area (Å²) in [6, 6.07) is 0. The maximum absolute atomic E-state index is 13.7. The first kappa shape index (κ1) is 30.1. The summed E-state index contributed by atoms with van der Waals surface area (Å²) in [7, 11) is 1.21. The quantitative estimate of drug-likeness (QED) is 0.311. The fraction of sp³-hybridized carbons (Fsp3) is 0.690. The van der Waals surface area contributed by atoms with Crippen molar-refractivity contribution in [2.45, 2.75) is 95.5 Å². The molecule has 220 valence electrons. The van der Waals surface area contributed by atoms with Crippen LogP contribution in [0.15, 0.2) is 23.5 Å². The van der Waals surface area contributed by atoms with Gasteiger partial charge in [0.2, 0.25) is 0 Å². The largest absolute Gasteiger partial charge is 0.469 e. The number of aliphatic hydroxyl groups is 2. The molecular weight excluding hydrogens is 524 g/mol. The van der Waals surface area contributed by atoms with Crippen molar-refractivity contribution >= 4 is 29.5 Å². The molecule has 1 aliphatic carbocycles. The van der Waals surface area contributed by atoms with Gasteiger partial charge < -0.3 is 29.2 Å². The van der Waals surface area contributed by atoms with Crippen molar-refractivity contribution in [3.8, 4) is 0 Å². The van der Waals surface area contributed by atoms with Gasteiger partial charge in [0, 0.05) is 35.7 Å². The first-order valence-corrected chi connectivity index (χ1v) is 13.6. The van der Waals surface area contributed by atoms with Gasteiger partial charge in [0.05, 0.1) is 32.2 Å². The number of esters is 3. The lowest BCUT2D eigenvalue weighted by molar-refractivity contribution is -0.164. The third-order valence-electron chi connectivity index (χ3n) is 9.17. The Bertz CT molecular complexity index is 1190. The number of cyclic esters (lactones) is 1. The minimum atomic E-state index is -1.97. The second-order valence-corrected chi connectivity index (χ2v) is 12.2. The van der Waals surface area contributed by atoms with Crippen molar-refractivity contribution in [3.05, 3.63) is 23.5 Å². The van der Waals surface area contributed by atoms with Crippen LogP contribution in [0.25, 0.3) is 0 Å². The number of Topliss-reactive ketones (excluding diaryl/α,β-unsaturated/α-hetero) is 2. The Morgan fingerprint density at radius 1 is 1.30 bits per heavy atom. The van der Waals surface area contributed by atoms with Gasteiger partial charge in [-0.25, -0.2) is 4.79 Å². The molecule has 11 nitrogen and oxygen atoms in total. The molecule has 0 aromatic heterocycles. The van der Waals surface area contributed by atoms with Crippen molar-refractivity contribution in [2.75, 3.05) is 13.7 Å². The number of carbonyl (C=O) groups excluding carboxylic acids is 5. The number of hydrogen-bond donors (Lipinski definition) is 2. The molecule has 2 saturated heterocycles. The predicted molar refractivity (Wildman–Crippen MR) is 137 cm³/mol. The van der Waals surface area contributed by atoms with Crippen LogP contribution in [0.2, 0.25) is 0 Å². The molecule has 3 heterocycles. The average molecular weight is 563 g/mol. The van der Waals surface area contributed by atoms with E-state index >= 15 is 0 Å². The van der Waals surface area contributed by atoms with Crippen LogP contribution in [0.5, 0.6) is 0 Å². The van der Waals surface area contributed by atoms with E-state index in [1.54, 1.807) is 27.7 Å². The second-order valence-electron chi connectivity index (χ2n) is 12.2. The highest BCUT2D eigenvalue weighted by molar-refractivity contribution is 5.94. The van der Waals surface area contributed by atoms with Crippen LogP contribution < -0.4 is 0 Å². The summed E-state index contributed by atoms with van der Waals surface area (Å²) in [6.45, 7) is 6.15. The number of methoxy groups -OCH3 is 1. The summed E-state index contributed by atoms with van der Waals surface area (Å²) in [5.74, 6) is -3.51. The third-order valence-corrected chi connectivity index (χ3v) is 9.17. The minimum absolute atomic E-state index is 0.0344. The molecule has 2 N–H and O–H groups in total. The topological polar surface area (TPSA) is 163 Å². The van der Waals surface area contributed by atoms with Crippen LogP contribution in [0.4, 0.5) is 0 Å². The van der Waals surface area contributed by atoms with Crippen molar-refractivity contribution in [3.63, 3.8) is 0 Å². The van der Waals surface area contributed by atoms with E-state index in [2.05, 4.69) is 0 Å². The van der Waals surface area contributed by atoms with Crippen LogP contribution >= 0.6 is 0 Å². The van der Waals surface area contributed by atoms with E-state index in [-0.39, 0.29) is 63.1 Å². The predicted octanol–water partition coefficient (Wildman–Crippen LogP) is 1.86. The summed E-state index contributed by atoms with van der Waals surface area (Å²) in [4.78, 5) is 63.6. The molecule has 11 heteroatoms. The lowest BCUT2D eigenvalue weighted by atomic mass is 9.68. The van der Waals surface area contributed by atoms with Crippen molar-refractivity contribution in [1.82, 2.24) is 0 Å². The molecule has 1 spiro atoms. The van der Waals surface area contributed by atoms with Crippen LogP contribution in [-0.4, -0.2) is 76.3 Å². The summed E-state index contributed by atoms with van der Waals surface area (Å²) >= 11 is 0. The van der Waals surface area contributed by atoms with E-state index in [0.717, 1.165) is 0 Å². The van der Waals surface area contributed by atoms with E-state index in [9.17, 15) is 34.2 Å². The fourth-order valence-electron chi connectivity index (χ4n) is 6.88. The Labute approximate surface area is 232 Å². The first-order chi connectivity index (χ1) is 18.6. The molecule has 0 aromatic rings. The number of aliphatic hydroxyl groups excluding tert-OH is 1. The molecule has 4 rings (SSSR count). The van der Waals surface area contributed by atoms with E-state index in [0.29, 0.717) is 5.57 Å². The van der Waals surface area contributed by atoms with Gasteiger partial charge in [-0.3, -0.25) is 19.2 Å². The number of rotatable bonds is 9. The fourth-order valence-corrected chi connectivity index (χ4v) is 6.88. The Kier molecular flexibility index (Phi) is 7.90. The lowest BCUT2D eigenvalue weighted by Gasteiger charge is -2.39. The summed E-state index contributed by atoms with van der Waals surface area (Å²) < 4.78 is 21.9. The highest BCUT2D eigenvalue weighted by Gasteiger charge is 2.70. The molecule has 0 amide bonds. The monoisotopic (exact) mass is 562 g/mol. The van der Waals surface area contributed by atoms with Crippen LogP contribution in [-0.2, 0) is 42.9 Å². The Morgan fingerprint density at radius 2 is 2.00 bits per heavy atom. The zero-order valence-electron chi connectivity index (χ0n) is 23.6. The standard InChI is InChI=1S/C29H38O11/c1-16(10-18-11-17(2)25(35)38-18)24(34)26(3,13-23(33)37-5)8-9-28(36)14-29-19(6-7-20(28)31)27(4,15-30)39-21(29)12-22(32)40-29/h10-11,16,19,21,30,36H,6-9,12-15H2,1-5H3/t16-,19+,21-,26+,27+,28-,29-/m1/s1. The molecule has 4 aliphatic rings. The van der Waals surface area contributed by atoms with Gasteiger partial charge >= 0.3 is 17.9 Å². The van der Waals surface area contributed by atoms with Crippen LogP contribution in [0, 0.1) is 17.3 Å². The summed E-state index contributed by atoms with van der Waals surface area (Å²) in [6.07, 6.45) is 1.66. The number of allylic oxidation sites excluding steroid dienone is 2. The molecule has 0 aromatic carbocycles. The zero-order chi connectivity index (χ0) is 29.7. The van der Waals surface area contributed by atoms with Crippen molar-refractivity contribution in [2.24, 2.45) is 17.3 Å². The molecule has 40 heavy (non-hydrogen) atoms. The second kappa shape index (κ2) is 10.5. The van der Waals surface area contributed by atoms with Crippen LogP contribution in [0.3, 0.4) is 0 Å². The average Bonchev–Trinajstić information content (AvgIpc) is 3.41. The lowest BCUT2D eigenvalue weighted by Crippen LogP contribution is -2.52. The molecule has 0 unspecified atom stereocenters. The van der Waals surface area contributed by atoms with Gasteiger partial charge in [0.25, 0.3) is 0 Å². The molecule has 1 saturated carbocycles. The van der Waals surface area contributed by atoms with E-state index in [4.69, 9.17) is 18.9 Å².